The predicted octanol–water partition coefficient (Wildman–Crippen LogP) is 3.09. The summed E-state index contributed by atoms with van der Waals surface area (Å²) in [5.41, 5.74) is -1.89. The molecular weight excluding hydrogens is 478 g/mol. The van der Waals surface area contributed by atoms with Crippen molar-refractivity contribution in [3.63, 3.8) is 0 Å². The van der Waals surface area contributed by atoms with Gasteiger partial charge in [0.25, 0.3) is 5.56 Å². The van der Waals surface area contributed by atoms with Crippen LogP contribution < -0.4 is 16.6 Å². The third-order valence-electron chi connectivity index (χ3n) is 5.05. The number of aromatic nitrogens is 4. The first-order valence-corrected chi connectivity index (χ1v) is 10.5. The molecular formula is C21H15F4N5O3S. The topological polar surface area (TPSA) is 98.9 Å². The summed E-state index contributed by atoms with van der Waals surface area (Å²) in [4.78, 5) is 45.5. The van der Waals surface area contributed by atoms with Gasteiger partial charge in [-0.3, -0.25) is 18.7 Å². The molecule has 3 heterocycles. The molecule has 0 atom stereocenters. The zero-order valence-corrected chi connectivity index (χ0v) is 18.4. The van der Waals surface area contributed by atoms with E-state index in [0.29, 0.717) is 11.6 Å². The zero-order valence-electron chi connectivity index (χ0n) is 17.6. The fourth-order valence-electron chi connectivity index (χ4n) is 3.40. The Labute approximate surface area is 192 Å². The Bertz CT molecular complexity index is 1560. The number of hydrogen-bond acceptors (Lipinski definition) is 6. The van der Waals surface area contributed by atoms with Gasteiger partial charge in [-0.2, -0.15) is 13.2 Å². The van der Waals surface area contributed by atoms with Crippen molar-refractivity contribution in [1.82, 2.24) is 19.1 Å². The van der Waals surface area contributed by atoms with E-state index >= 15 is 0 Å². The highest BCUT2D eigenvalue weighted by Gasteiger charge is 2.31. The zero-order chi connectivity index (χ0) is 24.8. The van der Waals surface area contributed by atoms with Gasteiger partial charge in [-0.15, -0.1) is 11.3 Å². The van der Waals surface area contributed by atoms with Crippen LogP contribution in [0.4, 0.5) is 22.7 Å². The Morgan fingerprint density at radius 3 is 2.59 bits per heavy atom. The standard InChI is InChI=1S/C21H15F4N5O3S/c1-29-17-16(18(32)30(2)20(29)33)10(3-4-26-17)7-15(31)28-19-27-14(9-34-19)11-5-12(21(23,24)25)8-13(22)6-11/h3-6,8-9H,7H2,1-2H3,(H,27,28,31). The molecule has 0 spiro atoms. The van der Waals surface area contributed by atoms with Crippen molar-refractivity contribution in [2.45, 2.75) is 12.6 Å². The van der Waals surface area contributed by atoms with Gasteiger partial charge in [-0.25, -0.2) is 19.2 Å². The van der Waals surface area contributed by atoms with Crippen LogP contribution in [-0.2, 0) is 31.5 Å². The number of carbonyl (C=O) groups excluding carboxylic acids is 1. The average molecular weight is 493 g/mol. The number of anilines is 1. The van der Waals surface area contributed by atoms with E-state index in [1.807, 2.05) is 0 Å². The molecule has 0 saturated heterocycles. The van der Waals surface area contributed by atoms with Crippen molar-refractivity contribution in [2.24, 2.45) is 14.1 Å². The molecule has 1 N–H and O–H groups in total. The molecule has 0 bridgehead atoms. The quantitative estimate of drug-likeness (QED) is 0.441. The van der Waals surface area contributed by atoms with Gasteiger partial charge in [0.1, 0.15) is 11.5 Å². The molecule has 1 aromatic carbocycles. The number of halogens is 4. The van der Waals surface area contributed by atoms with Gasteiger partial charge in [-0.1, -0.05) is 0 Å². The molecule has 0 aliphatic carbocycles. The molecule has 0 saturated carbocycles. The number of pyridine rings is 1. The SMILES string of the molecule is Cn1c(=O)c2c(CC(=O)Nc3nc(-c4cc(F)cc(C(F)(F)F)c4)cs3)ccnc2n(C)c1=O. The van der Waals surface area contributed by atoms with Gasteiger partial charge in [0, 0.05) is 31.2 Å². The van der Waals surface area contributed by atoms with E-state index in [1.165, 1.54) is 36.3 Å². The van der Waals surface area contributed by atoms with Gasteiger partial charge >= 0.3 is 11.9 Å². The largest absolute Gasteiger partial charge is 0.416 e. The summed E-state index contributed by atoms with van der Waals surface area (Å²) in [5.74, 6) is -1.62. The van der Waals surface area contributed by atoms with E-state index in [1.54, 1.807) is 0 Å². The van der Waals surface area contributed by atoms with Crippen molar-refractivity contribution in [3.8, 4) is 11.3 Å². The number of nitrogens with zero attached hydrogens (tertiary/aromatic N) is 4. The van der Waals surface area contributed by atoms with Crippen LogP contribution in [0.15, 0.2) is 45.4 Å². The van der Waals surface area contributed by atoms with E-state index < -0.39 is 34.7 Å². The van der Waals surface area contributed by atoms with E-state index in [4.69, 9.17) is 0 Å². The predicted molar refractivity (Wildman–Crippen MR) is 117 cm³/mol. The second-order valence-electron chi connectivity index (χ2n) is 7.36. The number of rotatable bonds is 4. The highest BCUT2D eigenvalue weighted by atomic mass is 32.1. The molecule has 13 heteroatoms. The van der Waals surface area contributed by atoms with Crippen molar-refractivity contribution < 1.29 is 22.4 Å². The average Bonchev–Trinajstić information content (AvgIpc) is 3.23. The number of aryl methyl sites for hydroxylation is 1. The van der Waals surface area contributed by atoms with Crippen LogP contribution in [0, 0.1) is 5.82 Å². The summed E-state index contributed by atoms with van der Waals surface area (Å²) < 4.78 is 54.7. The fraction of sp³-hybridized carbons (Fsp3) is 0.190. The lowest BCUT2D eigenvalue weighted by Crippen LogP contribution is -2.37. The number of alkyl halides is 3. The molecule has 0 unspecified atom stereocenters. The van der Waals surface area contributed by atoms with Crippen LogP contribution in [0.1, 0.15) is 11.1 Å². The molecule has 4 aromatic rings. The van der Waals surface area contributed by atoms with Crippen LogP contribution in [0.3, 0.4) is 0 Å². The molecule has 4 rings (SSSR count). The van der Waals surface area contributed by atoms with Crippen LogP contribution >= 0.6 is 11.3 Å². The molecule has 1 amide bonds. The lowest BCUT2D eigenvalue weighted by molar-refractivity contribution is -0.137. The van der Waals surface area contributed by atoms with Gasteiger partial charge < -0.3 is 5.32 Å². The lowest BCUT2D eigenvalue weighted by Gasteiger charge is -2.10. The Kier molecular flexibility index (Phi) is 5.81. The summed E-state index contributed by atoms with van der Waals surface area (Å²) in [5, 5.41) is 4.10. The Hall–Kier alpha value is -3.87. The Morgan fingerprint density at radius 2 is 1.88 bits per heavy atom. The highest BCUT2D eigenvalue weighted by Crippen LogP contribution is 2.34. The summed E-state index contributed by atoms with van der Waals surface area (Å²) >= 11 is 0.946. The molecule has 8 nitrogen and oxygen atoms in total. The van der Waals surface area contributed by atoms with Crippen molar-refractivity contribution in [1.29, 1.82) is 0 Å². The third-order valence-corrected chi connectivity index (χ3v) is 5.81. The molecule has 0 aliphatic rings. The minimum absolute atomic E-state index is 0.0588. The number of hydrogen-bond donors (Lipinski definition) is 1. The van der Waals surface area contributed by atoms with E-state index in [-0.39, 0.29) is 33.8 Å². The first-order chi connectivity index (χ1) is 16.0. The Morgan fingerprint density at radius 1 is 1.15 bits per heavy atom. The monoisotopic (exact) mass is 493 g/mol. The van der Waals surface area contributed by atoms with Crippen molar-refractivity contribution in [2.75, 3.05) is 5.32 Å². The van der Waals surface area contributed by atoms with Crippen LogP contribution in [-0.4, -0.2) is 25.0 Å². The minimum Gasteiger partial charge on any atom is -0.302 e. The molecule has 0 radical (unpaired) electrons. The first kappa shape index (κ1) is 23.3. The fourth-order valence-corrected chi connectivity index (χ4v) is 4.13. The van der Waals surface area contributed by atoms with Gasteiger partial charge in [0.2, 0.25) is 5.91 Å². The van der Waals surface area contributed by atoms with Crippen molar-refractivity contribution >= 4 is 33.4 Å². The number of carbonyl (C=O) groups is 1. The maximum atomic E-state index is 13.7. The molecule has 34 heavy (non-hydrogen) atoms. The lowest BCUT2D eigenvalue weighted by atomic mass is 10.1. The molecule has 0 aliphatic heterocycles. The number of thiazole rings is 1. The van der Waals surface area contributed by atoms with Crippen LogP contribution in [0.5, 0.6) is 0 Å². The van der Waals surface area contributed by atoms with Crippen LogP contribution in [0.25, 0.3) is 22.3 Å². The summed E-state index contributed by atoms with van der Waals surface area (Å²) in [6, 6.07) is 3.55. The van der Waals surface area contributed by atoms with E-state index in [9.17, 15) is 31.9 Å². The van der Waals surface area contributed by atoms with Crippen LogP contribution in [0.2, 0.25) is 0 Å². The van der Waals surface area contributed by atoms with Gasteiger partial charge in [-0.05, 0) is 29.8 Å². The number of benzene rings is 1. The van der Waals surface area contributed by atoms with Crippen molar-refractivity contribution in [3.05, 3.63) is 73.6 Å². The number of nitrogens with one attached hydrogen (secondary N) is 1. The Balaban J connectivity index is 1.60. The highest BCUT2D eigenvalue weighted by molar-refractivity contribution is 7.14. The third kappa shape index (κ3) is 4.33. The summed E-state index contributed by atoms with van der Waals surface area (Å²) in [7, 11) is 2.77. The second-order valence-corrected chi connectivity index (χ2v) is 8.22. The summed E-state index contributed by atoms with van der Waals surface area (Å²) in [6.07, 6.45) is -3.61. The van der Waals surface area contributed by atoms with Gasteiger partial charge in [0.05, 0.1) is 23.1 Å². The van der Waals surface area contributed by atoms with Gasteiger partial charge in [0.15, 0.2) is 5.13 Å². The summed E-state index contributed by atoms with van der Waals surface area (Å²) in [6.45, 7) is 0. The molecule has 0 fully saturated rings. The molecule has 176 valence electrons. The normalized spacial score (nSPS) is 11.7. The first-order valence-electron chi connectivity index (χ1n) is 9.63. The smallest absolute Gasteiger partial charge is 0.302 e. The van der Waals surface area contributed by atoms with E-state index in [2.05, 4.69) is 15.3 Å². The number of fused-ring (bicyclic) bond motifs is 1. The molecule has 3 aromatic heterocycles. The maximum Gasteiger partial charge on any atom is 0.416 e. The van der Waals surface area contributed by atoms with E-state index in [0.717, 1.165) is 28.0 Å². The number of amides is 1. The maximum absolute atomic E-state index is 13.7. The minimum atomic E-state index is -4.72. The second kappa shape index (κ2) is 8.48.